The number of ether oxygens (including phenoxy) is 1. The minimum Gasteiger partial charge on any atom is -0.494 e. The highest BCUT2D eigenvalue weighted by Gasteiger charge is 2.20. The number of rotatable bonds is 7. The maximum absolute atomic E-state index is 13.1. The van der Waals surface area contributed by atoms with Crippen molar-refractivity contribution < 1.29 is 13.9 Å². The van der Waals surface area contributed by atoms with Gasteiger partial charge in [0.1, 0.15) is 16.7 Å². The molecule has 0 unspecified atom stereocenters. The number of amides is 1. The summed E-state index contributed by atoms with van der Waals surface area (Å²) in [6.45, 7) is 4.65. The predicted molar refractivity (Wildman–Crippen MR) is 107 cm³/mol. The summed E-state index contributed by atoms with van der Waals surface area (Å²) >= 11 is 6.35. The fourth-order valence-electron chi connectivity index (χ4n) is 2.77. The fraction of sp³-hybridized carbons (Fsp3) is 0.238. The van der Waals surface area contributed by atoms with Gasteiger partial charge in [-0.1, -0.05) is 23.7 Å². The molecule has 0 radical (unpaired) electrons. The highest BCUT2D eigenvalue weighted by Crippen LogP contribution is 2.23. The van der Waals surface area contributed by atoms with Crippen molar-refractivity contribution in [3.05, 3.63) is 76.3 Å². The van der Waals surface area contributed by atoms with Crippen molar-refractivity contribution in [2.24, 2.45) is 0 Å². The van der Waals surface area contributed by atoms with Crippen LogP contribution in [-0.4, -0.2) is 28.8 Å². The molecule has 0 saturated heterocycles. The number of hydrogen-bond donors (Lipinski definition) is 1. The van der Waals surface area contributed by atoms with Gasteiger partial charge in [-0.05, 0) is 62.2 Å². The zero-order valence-corrected chi connectivity index (χ0v) is 16.5. The maximum Gasteiger partial charge on any atom is 0.256 e. The van der Waals surface area contributed by atoms with Gasteiger partial charge in [-0.3, -0.25) is 4.79 Å². The largest absolute Gasteiger partial charge is 0.494 e. The monoisotopic (exact) mass is 401 g/mol. The molecule has 1 amide bonds. The van der Waals surface area contributed by atoms with Crippen LogP contribution in [0.1, 0.15) is 28.0 Å². The average Bonchev–Trinajstić information content (AvgIpc) is 2.96. The van der Waals surface area contributed by atoms with E-state index in [0.717, 1.165) is 11.3 Å². The lowest BCUT2D eigenvalue weighted by molar-refractivity contribution is 0.0951. The Kier molecular flexibility index (Phi) is 6.31. The van der Waals surface area contributed by atoms with Crippen molar-refractivity contribution in [1.82, 2.24) is 15.1 Å². The summed E-state index contributed by atoms with van der Waals surface area (Å²) in [5.41, 5.74) is 2.53. The summed E-state index contributed by atoms with van der Waals surface area (Å²) in [6, 6.07) is 13.6. The highest BCUT2D eigenvalue weighted by atomic mass is 35.5. The number of benzene rings is 2. The lowest BCUT2D eigenvalue weighted by atomic mass is 10.2. The Labute approximate surface area is 168 Å². The standard InChI is InChI=1S/C21H21ClFN3O2/c1-14-5-3-6-18(13-14)28-12-4-11-24-21(27)19-15(2)25-26(20(19)22)17-9-7-16(23)8-10-17/h3,5-10,13H,4,11-12H2,1-2H3,(H,24,27). The van der Waals surface area contributed by atoms with Crippen LogP contribution in [0, 0.1) is 19.7 Å². The molecule has 0 aliphatic carbocycles. The van der Waals surface area contributed by atoms with E-state index in [1.165, 1.54) is 16.8 Å². The van der Waals surface area contributed by atoms with E-state index in [-0.39, 0.29) is 16.9 Å². The van der Waals surface area contributed by atoms with Crippen molar-refractivity contribution in [3.8, 4) is 11.4 Å². The van der Waals surface area contributed by atoms with Gasteiger partial charge in [0, 0.05) is 6.54 Å². The average molecular weight is 402 g/mol. The Bertz CT molecular complexity index is 970. The van der Waals surface area contributed by atoms with Gasteiger partial charge < -0.3 is 10.1 Å². The second-order valence-electron chi connectivity index (χ2n) is 6.41. The molecule has 7 heteroatoms. The van der Waals surface area contributed by atoms with Crippen LogP contribution < -0.4 is 10.1 Å². The molecule has 146 valence electrons. The summed E-state index contributed by atoms with van der Waals surface area (Å²) in [6.07, 6.45) is 0.655. The normalized spacial score (nSPS) is 10.7. The second kappa shape index (κ2) is 8.89. The molecule has 28 heavy (non-hydrogen) atoms. The fourth-order valence-corrected chi connectivity index (χ4v) is 3.13. The minimum atomic E-state index is -0.352. The molecular weight excluding hydrogens is 381 g/mol. The van der Waals surface area contributed by atoms with Crippen LogP contribution in [0.15, 0.2) is 48.5 Å². The predicted octanol–water partition coefficient (Wildman–Crippen LogP) is 4.48. The first-order valence-electron chi connectivity index (χ1n) is 8.94. The van der Waals surface area contributed by atoms with Crippen LogP contribution in [0.2, 0.25) is 5.15 Å². The highest BCUT2D eigenvalue weighted by molar-refractivity contribution is 6.33. The summed E-state index contributed by atoms with van der Waals surface area (Å²) in [4.78, 5) is 12.5. The first kappa shape index (κ1) is 19.9. The second-order valence-corrected chi connectivity index (χ2v) is 6.77. The zero-order valence-electron chi connectivity index (χ0n) is 15.7. The summed E-state index contributed by atoms with van der Waals surface area (Å²) in [5, 5.41) is 7.33. The smallest absolute Gasteiger partial charge is 0.256 e. The lowest BCUT2D eigenvalue weighted by Gasteiger charge is -2.08. The first-order valence-corrected chi connectivity index (χ1v) is 9.32. The van der Waals surface area contributed by atoms with Crippen molar-refractivity contribution in [2.75, 3.05) is 13.2 Å². The molecule has 0 saturated carbocycles. The van der Waals surface area contributed by atoms with Crippen molar-refractivity contribution >= 4 is 17.5 Å². The Morgan fingerprint density at radius 3 is 2.68 bits per heavy atom. The van der Waals surface area contributed by atoms with Gasteiger partial charge in [-0.15, -0.1) is 0 Å². The SMILES string of the molecule is Cc1cccc(OCCCNC(=O)c2c(C)nn(-c3ccc(F)cc3)c2Cl)c1. The van der Waals surface area contributed by atoms with E-state index in [2.05, 4.69) is 10.4 Å². The molecule has 1 aromatic heterocycles. The summed E-state index contributed by atoms with van der Waals surface area (Å²) in [7, 11) is 0. The van der Waals surface area contributed by atoms with Gasteiger partial charge in [0.25, 0.3) is 5.91 Å². The van der Waals surface area contributed by atoms with Crippen molar-refractivity contribution in [2.45, 2.75) is 20.3 Å². The summed E-state index contributed by atoms with van der Waals surface area (Å²) in [5.74, 6) is 0.159. The molecular formula is C21H21ClFN3O2. The van der Waals surface area contributed by atoms with Crippen LogP contribution in [0.4, 0.5) is 4.39 Å². The quantitative estimate of drug-likeness (QED) is 0.594. The van der Waals surface area contributed by atoms with E-state index in [1.54, 1.807) is 19.1 Å². The zero-order chi connectivity index (χ0) is 20.1. The van der Waals surface area contributed by atoms with E-state index in [9.17, 15) is 9.18 Å². The van der Waals surface area contributed by atoms with Gasteiger partial charge >= 0.3 is 0 Å². The maximum atomic E-state index is 13.1. The lowest BCUT2D eigenvalue weighted by Crippen LogP contribution is -2.26. The van der Waals surface area contributed by atoms with Crippen LogP contribution in [0.5, 0.6) is 5.75 Å². The number of nitrogens with one attached hydrogen (secondary N) is 1. The van der Waals surface area contributed by atoms with Crippen LogP contribution in [0.3, 0.4) is 0 Å². The third kappa shape index (κ3) is 4.70. The molecule has 0 spiro atoms. The first-order chi connectivity index (χ1) is 13.5. The molecule has 3 aromatic rings. The number of aromatic nitrogens is 2. The number of carbonyl (C=O) groups is 1. The van der Waals surface area contributed by atoms with E-state index in [4.69, 9.17) is 16.3 Å². The Morgan fingerprint density at radius 1 is 1.21 bits per heavy atom. The Morgan fingerprint density at radius 2 is 1.96 bits per heavy atom. The topological polar surface area (TPSA) is 56.1 Å². The minimum absolute atomic E-state index is 0.192. The van der Waals surface area contributed by atoms with E-state index < -0.39 is 0 Å². The number of hydrogen-bond acceptors (Lipinski definition) is 3. The Balaban J connectivity index is 1.56. The van der Waals surface area contributed by atoms with Crippen molar-refractivity contribution in [1.29, 1.82) is 0 Å². The molecule has 1 N–H and O–H groups in total. The number of nitrogens with zero attached hydrogens (tertiary/aromatic N) is 2. The molecule has 1 heterocycles. The molecule has 0 bridgehead atoms. The van der Waals surface area contributed by atoms with Crippen LogP contribution in [-0.2, 0) is 0 Å². The molecule has 0 atom stereocenters. The van der Waals surface area contributed by atoms with E-state index in [0.29, 0.717) is 36.5 Å². The number of halogens is 2. The molecule has 0 aliphatic heterocycles. The van der Waals surface area contributed by atoms with Crippen molar-refractivity contribution in [3.63, 3.8) is 0 Å². The number of carbonyl (C=O) groups excluding carboxylic acids is 1. The molecule has 2 aromatic carbocycles. The number of aryl methyl sites for hydroxylation is 2. The van der Waals surface area contributed by atoms with Crippen LogP contribution >= 0.6 is 11.6 Å². The van der Waals surface area contributed by atoms with Gasteiger partial charge in [0.15, 0.2) is 0 Å². The summed E-state index contributed by atoms with van der Waals surface area (Å²) < 4.78 is 20.2. The van der Waals surface area contributed by atoms with Gasteiger partial charge in [0.2, 0.25) is 0 Å². The van der Waals surface area contributed by atoms with Gasteiger partial charge in [0.05, 0.1) is 23.6 Å². The van der Waals surface area contributed by atoms with E-state index >= 15 is 0 Å². The molecule has 0 aliphatic rings. The molecule has 3 rings (SSSR count). The van der Waals surface area contributed by atoms with E-state index in [1.807, 2.05) is 31.2 Å². The third-order valence-corrected chi connectivity index (χ3v) is 4.52. The Hall–Kier alpha value is -2.86. The third-order valence-electron chi connectivity index (χ3n) is 4.17. The molecule has 5 nitrogen and oxygen atoms in total. The molecule has 0 fully saturated rings. The van der Waals surface area contributed by atoms with Gasteiger partial charge in [-0.25, -0.2) is 9.07 Å². The van der Waals surface area contributed by atoms with Gasteiger partial charge in [-0.2, -0.15) is 5.10 Å². The van der Waals surface area contributed by atoms with Crippen LogP contribution in [0.25, 0.3) is 5.69 Å².